The van der Waals surface area contributed by atoms with Gasteiger partial charge in [-0.25, -0.2) is 4.79 Å². The van der Waals surface area contributed by atoms with E-state index in [-0.39, 0.29) is 24.5 Å². The van der Waals surface area contributed by atoms with Gasteiger partial charge >= 0.3 is 5.97 Å². The van der Waals surface area contributed by atoms with Gasteiger partial charge in [-0.1, -0.05) is 66.7 Å². The number of hydrogen-bond donors (Lipinski definition) is 2. The number of benzene rings is 3. The first-order valence-corrected chi connectivity index (χ1v) is 16.3. The SMILES string of the molecule is O=C(OCC(O)CN1CCCC(C(=O)NC(CCCc2ccccc2)CCCc2ccccc2)C1)c1ccc2ncccc2c1. The van der Waals surface area contributed by atoms with Gasteiger partial charge in [-0.15, -0.1) is 0 Å². The van der Waals surface area contributed by atoms with Gasteiger partial charge in [0, 0.05) is 30.7 Å². The molecule has 2 unspecified atom stereocenters. The molecular formula is C38H45N3O4. The predicted octanol–water partition coefficient (Wildman–Crippen LogP) is 6.00. The quantitative estimate of drug-likeness (QED) is 0.161. The summed E-state index contributed by atoms with van der Waals surface area (Å²) in [6.45, 7) is 1.66. The average Bonchev–Trinajstić information content (AvgIpc) is 3.08. The third-order valence-corrected chi connectivity index (χ3v) is 8.66. The van der Waals surface area contributed by atoms with E-state index < -0.39 is 12.1 Å². The van der Waals surface area contributed by atoms with Crippen LogP contribution in [0.3, 0.4) is 0 Å². The molecule has 5 rings (SSSR count). The Morgan fingerprint density at radius 3 is 2.29 bits per heavy atom. The number of piperidine rings is 1. The highest BCUT2D eigenvalue weighted by atomic mass is 16.5. The number of aryl methyl sites for hydroxylation is 2. The van der Waals surface area contributed by atoms with E-state index in [4.69, 9.17) is 4.74 Å². The van der Waals surface area contributed by atoms with E-state index >= 15 is 0 Å². The molecule has 1 aliphatic heterocycles. The minimum absolute atomic E-state index is 0.0951. The Labute approximate surface area is 266 Å². The highest BCUT2D eigenvalue weighted by molar-refractivity contribution is 5.94. The molecule has 2 N–H and O–H groups in total. The van der Waals surface area contributed by atoms with Crippen LogP contribution in [0, 0.1) is 5.92 Å². The lowest BCUT2D eigenvalue weighted by Crippen LogP contribution is -2.48. The first-order valence-electron chi connectivity index (χ1n) is 16.3. The van der Waals surface area contributed by atoms with Gasteiger partial charge in [0.2, 0.25) is 5.91 Å². The number of nitrogens with zero attached hydrogens (tertiary/aromatic N) is 2. The van der Waals surface area contributed by atoms with Crippen molar-refractivity contribution in [2.75, 3.05) is 26.2 Å². The number of nitrogens with one attached hydrogen (secondary N) is 1. The van der Waals surface area contributed by atoms with E-state index in [0.29, 0.717) is 18.7 Å². The highest BCUT2D eigenvalue weighted by Gasteiger charge is 2.28. The van der Waals surface area contributed by atoms with Crippen LogP contribution in [0.15, 0.2) is 97.2 Å². The zero-order chi connectivity index (χ0) is 31.3. The molecule has 1 aliphatic rings. The predicted molar refractivity (Wildman–Crippen MR) is 178 cm³/mol. The molecule has 0 radical (unpaired) electrons. The van der Waals surface area contributed by atoms with Crippen molar-refractivity contribution < 1.29 is 19.4 Å². The second kappa shape index (κ2) is 16.8. The van der Waals surface area contributed by atoms with Crippen molar-refractivity contribution in [3.8, 4) is 0 Å². The fourth-order valence-corrected chi connectivity index (χ4v) is 6.25. The third kappa shape index (κ3) is 10.2. The van der Waals surface area contributed by atoms with Crippen LogP contribution in [0.2, 0.25) is 0 Å². The van der Waals surface area contributed by atoms with Crippen LogP contribution >= 0.6 is 0 Å². The number of β-amino-alcohol motifs (C(OH)–C–C–N with tert-alkyl or cyclic N) is 1. The summed E-state index contributed by atoms with van der Waals surface area (Å²) in [6.07, 6.45) is 8.57. The number of esters is 1. The summed E-state index contributed by atoms with van der Waals surface area (Å²) in [5, 5.41) is 15.0. The van der Waals surface area contributed by atoms with Crippen LogP contribution in [0.1, 0.15) is 60.0 Å². The first-order chi connectivity index (χ1) is 22.0. The Balaban J connectivity index is 1.08. The normalized spacial score (nSPS) is 16.0. The molecule has 0 saturated carbocycles. The average molecular weight is 608 g/mol. The molecule has 2 atom stereocenters. The summed E-state index contributed by atoms with van der Waals surface area (Å²) in [4.78, 5) is 32.5. The van der Waals surface area contributed by atoms with Gasteiger partial charge < -0.3 is 15.2 Å². The Bertz CT molecular complexity index is 1450. The molecule has 1 amide bonds. The van der Waals surface area contributed by atoms with Crippen molar-refractivity contribution in [2.45, 2.75) is 63.5 Å². The van der Waals surface area contributed by atoms with Crippen LogP contribution in [0.5, 0.6) is 0 Å². The van der Waals surface area contributed by atoms with Crippen LogP contribution in [0.4, 0.5) is 0 Å². The lowest BCUT2D eigenvalue weighted by atomic mass is 9.94. The maximum absolute atomic E-state index is 13.5. The van der Waals surface area contributed by atoms with Crippen molar-refractivity contribution >= 4 is 22.8 Å². The second-order valence-electron chi connectivity index (χ2n) is 12.2. The first kappa shape index (κ1) is 32.3. The summed E-state index contributed by atoms with van der Waals surface area (Å²) in [5.41, 5.74) is 3.89. The fraction of sp³-hybridized carbons (Fsp3) is 0.395. The molecule has 236 valence electrons. The molecule has 7 heteroatoms. The van der Waals surface area contributed by atoms with Crippen molar-refractivity contribution in [3.05, 3.63) is 114 Å². The number of fused-ring (bicyclic) bond motifs is 1. The van der Waals surface area contributed by atoms with Gasteiger partial charge in [-0.3, -0.25) is 14.7 Å². The Morgan fingerprint density at radius 2 is 1.60 bits per heavy atom. The topological polar surface area (TPSA) is 91.8 Å². The van der Waals surface area contributed by atoms with Crippen molar-refractivity contribution in [1.29, 1.82) is 0 Å². The Hall–Kier alpha value is -4.07. The molecule has 0 aliphatic carbocycles. The van der Waals surface area contributed by atoms with E-state index in [1.165, 1.54) is 11.1 Å². The maximum Gasteiger partial charge on any atom is 0.338 e. The molecule has 0 spiro atoms. The molecule has 1 fully saturated rings. The summed E-state index contributed by atoms with van der Waals surface area (Å²) >= 11 is 0. The van der Waals surface area contributed by atoms with Crippen LogP contribution in [-0.2, 0) is 22.4 Å². The number of ether oxygens (including phenoxy) is 1. The zero-order valence-electron chi connectivity index (χ0n) is 26.0. The molecule has 45 heavy (non-hydrogen) atoms. The monoisotopic (exact) mass is 607 g/mol. The molecule has 0 bridgehead atoms. The smallest absolute Gasteiger partial charge is 0.338 e. The molecule has 7 nitrogen and oxygen atoms in total. The highest BCUT2D eigenvalue weighted by Crippen LogP contribution is 2.20. The number of hydrogen-bond acceptors (Lipinski definition) is 6. The Kier molecular flexibility index (Phi) is 12.1. The number of aromatic nitrogens is 1. The summed E-state index contributed by atoms with van der Waals surface area (Å²) < 4.78 is 5.43. The number of aliphatic hydroxyl groups excluding tert-OH is 1. The number of carbonyl (C=O) groups excluding carboxylic acids is 2. The van der Waals surface area contributed by atoms with E-state index in [1.54, 1.807) is 24.4 Å². The lowest BCUT2D eigenvalue weighted by Gasteiger charge is -2.34. The summed E-state index contributed by atoms with van der Waals surface area (Å²) in [6, 6.07) is 30.1. The van der Waals surface area contributed by atoms with Gasteiger partial charge in [-0.05, 0) is 93.3 Å². The number of rotatable bonds is 15. The van der Waals surface area contributed by atoms with E-state index in [2.05, 4.69) is 63.7 Å². The number of pyridine rings is 1. The number of likely N-dealkylation sites (tertiary alicyclic amines) is 1. The van der Waals surface area contributed by atoms with Crippen molar-refractivity contribution in [3.63, 3.8) is 0 Å². The largest absolute Gasteiger partial charge is 0.459 e. The standard InChI is InChI=1S/C38H45N3O4/c42-35(28-45-38(44)32-21-22-36-31(25-32)17-9-23-39-36)27-41-24-10-18-33(26-41)37(43)40-34(19-7-15-29-11-3-1-4-12-29)20-8-16-30-13-5-2-6-14-30/h1-6,9,11-14,17,21-23,25,33-35,42H,7-8,10,15-16,18-20,24,26-28H2,(H,40,43). The van der Waals surface area contributed by atoms with Gasteiger partial charge in [0.1, 0.15) is 12.7 Å². The van der Waals surface area contributed by atoms with Crippen LogP contribution < -0.4 is 5.32 Å². The van der Waals surface area contributed by atoms with E-state index in [9.17, 15) is 14.7 Å². The van der Waals surface area contributed by atoms with Gasteiger partial charge in [0.25, 0.3) is 0 Å². The number of aliphatic hydroxyl groups is 1. The van der Waals surface area contributed by atoms with E-state index in [1.807, 2.05) is 24.3 Å². The van der Waals surface area contributed by atoms with Gasteiger partial charge in [0.15, 0.2) is 0 Å². The minimum atomic E-state index is -0.832. The number of amides is 1. The van der Waals surface area contributed by atoms with E-state index in [0.717, 1.165) is 68.8 Å². The maximum atomic E-state index is 13.5. The summed E-state index contributed by atoms with van der Waals surface area (Å²) in [5.74, 6) is -0.484. The van der Waals surface area contributed by atoms with Gasteiger partial charge in [0.05, 0.1) is 17.0 Å². The molecular weight excluding hydrogens is 562 g/mol. The lowest BCUT2D eigenvalue weighted by molar-refractivity contribution is -0.127. The fourth-order valence-electron chi connectivity index (χ4n) is 6.25. The van der Waals surface area contributed by atoms with Crippen molar-refractivity contribution in [1.82, 2.24) is 15.2 Å². The molecule has 3 aromatic carbocycles. The molecule has 1 saturated heterocycles. The Morgan fingerprint density at radius 1 is 0.911 bits per heavy atom. The zero-order valence-corrected chi connectivity index (χ0v) is 26.0. The summed E-state index contributed by atoms with van der Waals surface area (Å²) in [7, 11) is 0. The molecule has 1 aromatic heterocycles. The molecule has 2 heterocycles. The third-order valence-electron chi connectivity index (χ3n) is 8.66. The van der Waals surface area contributed by atoms with Crippen LogP contribution in [0.25, 0.3) is 10.9 Å². The van der Waals surface area contributed by atoms with Crippen LogP contribution in [-0.4, -0.2) is 65.3 Å². The number of carbonyl (C=O) groups is 2. The minimum Gasteiger partial charge on any atom is -0.459 e. The van der Waals surface area contributed by atoms with Gasteiger partial charge in [-0.2, -0.15) is 0 Å². The second-order valence-corrected chi connectivity index (χ2v) is 12.2. The van der Waals surface area contributed by atoms with Crippen molar-refractivity contribution in [2.24, 2.45) is 5.92 Å². The molecule has 4 aromatic rings.